The first-order valence-electron chi connectivity index (χ1n) is 10.3. The fraction of sp³-hybridized carbons (Fsp3) is 0.833. The number of unbranched alkanes of at least 4 members (excludes halogenated alkanes) is 1. The van der Waals surface area contributed by atoms with Gasteiger partial charge in [-0.2, -0.15) is 15.0 Å². The van der Waals surface area contributed by atoms with Gasteiger partial charge >= 0.3 is 0 Å². The molecule has 1 unspecified atom stereocenters. The Bertz CT molecular complexity index is 653. The summed E-state index contributed by atoms with van der Waals surface area (Å²) in [4.78, 5) is 15.3. The van der Waals surface area contributed by atoms with E-state index >= 15 is 0 Å². The third-order valence-corrected chi connectivity index (χ3v) is 5.35. The second kappa shape index (κ2) is 10.3. The zero-order valence-electron chi connectivity index (χ0n) is 16.7. The Kier molecular flexibility index (Phi) is 7.78. The second-order valence-corrected chi connectivity index (χ2v) is 7.49. The summed E-state index contributed by atoms with van der Waals surface area (Å²) < 4.78 is 5.47. The van der Waals surface area contributed by atoms with E-state index in [1.54, 1.807) is 0 Å². The number of piperidine rings is 1. The molecule has 0 spiro atoms. The van der Waals surface area contributed by atoms with Gasteiger partial charge in [-0.25, -0.2) is 0 Å². The van der Waals surface area contributed by atoms with Crippen LogP contribution in [0.15, 0.2) is 0 Å². The molecule has 0 amide bonds. The minimum absolute atomic E-state index is 0.0157. The molecule has 2 saturated heterocycles. The maximum absolute atomic E-state index is 10.2. The highest BCUT2D eigenvalue weighted by Crippen LogP contribution is 2.25. The first-order valence-corrected chi connectivity index (χ1v) is 10.3. The lowest BCUT2D eigenvalue weighted by Crippen LogP contribution is -2.43. The van der Waals surface area contributed by atoms with Crippen molar-refractivity contribution in [3.8, 4) is 0 Å². The van der Waals surface area contributed by atoms with Crippen LogP contribution in [0.25, 0.3) is 0 Å². The summed E-state index contributed by atoms with van der Waals surface area (Å²) in [5, 5.41) is 45.2. The molecule has 2 aliphatic rings. The van der Waals surface area contributed by atoms with E-state index in [9.17, 15) is 20.4 Å². The number of aliphatic hydroxyl groups is 4. The number of nitrogens with zero attached hydrogens (tertiary/aromatic N) is 4. The molecule has 164 valence electrons. The average Bonchev–Trinajstić information content (AvgIpc) is 3.01. The van der Waals surface area contributed by atoms with Crippen molar-refractivity contribution in [3.63, 3.8) is 0 Å². The molecular formula is C18H32N6O5. The molecule has 0 aliphatic carbocycles. The maximum atomic E-state index is 10.2. The summed E-state index contributed by atoms with van der Waals surface area (Å²) in [6.45, 7) is 3.14. The molecule has 2 fully saturated rings. The number of hydrogen-bond donors (Lipinski definition) is 6. The second-order valence-electron chi connectivity index (χ2n) is 7.49. The van der Waals surface area contributed by atoms with Crippen molar-refractivity contribution in [1.82, 2.24) is 15.0 Å². The molecule has 5 atom stereocenters. The van der Waals surface area contributed by atoms with Gasteiger partial charge in [0.05, 0.1) is 19.3 Å². The van der Waals surface area contributed by atoms with Crippen molar-refractivity contribution in [1.29, 1.82) is 0 Å². The van der Waals surface area contributed by atoms with Crippen LogP contribution < -0.4 is 15.5 Å². The Morgan fingerprint density at radius 1 is 1.07 bits per heavy atom. The SMILES string of the molecule is CCCCNc1nc(N[C@@H]2O[C@H](CO)[C@@H](O)[C@H]2O)nc(N2CCCCC2CO)n1. The fourth-order valence-electron chi connectivity index (χ4n) is 3.61. The average molecular weight is 412 g/mol. The van der Waals surface area contributed by atoms with Crippen LogP contribution in [0.3, 0.4) is 0 Å². The monoisotopic (exact) mass is 412 g/mol. The Morgan fingerprint density at radius 3 is 2.55 bits per heavy atom. The molecule has 3 rings (SSSR count). The van der Waals surface area contributed by atoms with E-state index in [0.717, 1.165) is 38.6 Å². The Hall–Kier alpha value is -1.79. The first-order chi connectivity index (χ1) is 14.1. The molecule has 1 aromatic rings. The molecule has 0 saturated carbocycles. The molecule has 11 heteroatoms. The molecule has 0 radical (unpaired) electrons. The summed E-state index contributed by atoms with van der Waals surface area (Å²) in [6.07, 6.45) is 0.589. The predicted octanol–water partition coefficient (Wildman–Crippen LogP) is -0.714. The Balaban J connectivity index is 1.82. The zero-order chi connectivity index (χ0) is 20.8. The molecule has 29 heavy (non-hydrogen) atoms. The maximum Gasteiger partial charge on any atom is 0.232 e. The van der Waals surface area contributed by atoms with Gasteiger partial charge in [-0.15, -0.1) is 0 Å². The predicted molar refractivity (Wildman–Crippen MR) is 107 cm³/mol. The molecule has 0 bridgehead atoms. The van der Waals surface area contributed by atoms with E-state index in [0.29, 0.717) is 18.4 Å². The molecule has 0 aromatic carbocycles. The quantitative estimate of drug-likeness (QED) is 0.285. The Morgan fingerprint density at radius 2 is 1.86 bits per heavy atom. The number of nitrogens with one attached hydrogen (secondary N) is 2. The van der Waals surface area contributed by atoms with Crippen LogP contribution in [-0.2, 0) is 4.74 Å². The Labute approximate surface area is 170 Å². The van der Waals surface area contributed by atoms with Gasteiger partial charge < -0.3 is 40.7 Å². The van der Waals surface area contributed by atoms with Crippen LogP contribution in [0, 0.1) is 0 Å². The lowest BCUT2D eigenvalue weighted by molar-refractivity contribution is -0.0154. The van der Waals surface area contributed by atoms with E-state index in [-0.39, 0.29) is 18.6 Å². The van der Waals surface area contributed by atoms with Gasteiger partial charge in [0, 0.05) is 13.1 Å². The lowest BCUT2D eigenvalue weighted by Gasteiger charge is -2.34. The smallest absolute Gasteiger partial charge is 0.232 e. The highest BCUT2D eigenvalue weighted by Gasteiger charge is 2.42. The molecule has 3 heterocycles. The van der Waals surface area contributed by atoms with Crippen molar-refractivity contribution >= 4 is 17.8 Å². The van der Waals surface area contributed by atoms with Gasteiger partial charge in [0.25, 0.3) is 0 Å². The molecule has 2 aliphatic heterocycles. The van der Waals surface area contributed by atoms with E-state index in [4.69, 9.17) is 4.74 Å². The normalized spacial score (nSPS) is 29.8. The number of aromatic nitrogens is 3. The molecule has 11 nitrogen and oxygen atoms in total. The van der Waals surface area contributed by atoms with Crippen LogP contribution in [0.5, 0.6) is 0 Å². The van der Waals surface area contributed by atoms with Gasteiger partial charge in [0.1, 0.15) is 18.3 Å². The fourth-order valence-corrected chi connectivity index (χ4v) is 3.61. The van der Waals surface area contributed by atoms with Crippen LogP contribution in [-0.4, -0.2) is 92.3 Å². The van der Waals surface area contributed by atoms with E-state index < -0.39 is 31.1 Å². The standard InChI is InChI=1S/C18H32N6O5/c1-2-3-7-19-16-21-17(20-15-14(28)13(27)12(10-26)29-15)23-18(22-16)24-8-5-4-6-11(24)9-25/h11-15,25-28H,2-10H2,1H3,(H2,19,20,21,22,23)/t11?,12-,13-,14-,15-/m1/s1. The van der Waals surface area contributed by atoms with Crippen LogP contribution in [0.1, 0.15) is 39.0 Å². The number of ether oxygens (including phenoxy) is 1. The van der Waals surface area contributed by atoms with E-state index in [1.165, 1.54) is 0 Å². The van der Waals surface area contributed by atoms with Crippen molar-refractivity contribution in [2.75, 3.05) is 41.8 Å². The number of aliphatic hydroxyl groups excluding tert-OH is 4. The lowest BCUT2D eigenvalue weighted by atomic mass is 10.0. The number of rotatable bonds is 9. The van der Waals surface area contributed by atoms with Gasteiger partial charge in [-0.3, -0.25) is 0 Å². The van der Waals surface area contributed by atoms with Crippen molar-refractivity contribution in [2.45, 2.75) is 69.6 Å². The van der Waals surface area contributed by atoms with Crippen LogP contribution >= 0.6 is 0 Å². The third kappa shape index (κ3) is 5.23. The molecular weight excluding hydrogens is 380 g/mol. The van der Waals surface area contributed by atoms with Crippen LogP contribution in [0.4, 0.5) is 17.8 Å². The molecule has 6 N–H and O–H groups in total. The third-order valence-electron chi connectivity index (χ3n) is 5.35. The highest BCUT2D eigenvalue weighted by molar-refractivity contribution is 5.45. The van der Waals surface area contributed by atoms with E-state index in [1.807, 2.05) is 4.90 Å². The van der Waals surface area contributed by atoms with Gasteiger partial charge in [0.15, 0.2) is 6.23 Å². The topological polar surface area (TPSA) is 156 Å². The number of anilines is 3. The summed E-state index contributed by atoms with van der Waals surface area (Å²) in [5.74, 6) is 1.01. The minimum Gasteiger partial charge on any atom is -0.394 e. The highest BCUT2D eigenvalue weighted by atomic mass is 16.6. The summed E-state index contributed by atoms with van der Waals surface area (Å²) in [6, 6.07) is -0.0589. The number of hydrogen-bond acceptors (Lipinski definition) is 11. The largest absolute Gasteiger partial charge is 0.394 e. The van der Waals surface area contributed by atoms with Crippen LogP contribution in [0.2, 0.25) is 0 Å². The summed E-state index contributed by atoms with van der Waals surface area (Å²) in [7, 11) is 0. The summed E-state index contributed by atoms with van der Waals surface area (Å²) in [5.41, 5.74) is 0. The van der Waals surface area contributed by atoms with E-state index in [2.05, 4.69) is 32.5 Å². The van der Waals surface area contributed by atoms with Gasteiger partial charge in [-0.05, 0) is 25.7 Å². The van der Waals surface area contributed by atoms with Crippen molar-refractivity contribution in [3.05, 3.63) is 0 Å². The minimum atomic E-state index is -1.23. The van der Waals surface area contributed by atoms with Crippen molar-refractivity contribution in [2.24, 2.45) is 0 Å². The van der Waals surface area contributed by atoms with Gasteiger partial charge in [0.2, 0.25) is 17.8 Å². The molecule has 1 aromatic heterocycles. The zero-order valence-corrected chi connectivity index (χ0v) is 16.7. The van der Waals surface area contributed by atoms with Crippen molar-refractivity contribution < 1.29 is 25.2 Å². The van der Waals surface area contributed by atoms with Gasteiger partial charge in [-0.1, -0.05) is 13.3 Å². The first kappa shape index (κ1) is 21.9. The summed E-state index contributed by atoms with van der Waals surface area (Å²) >= 11 is 0.